The second-order valence-electron chi connectivity index (χ2n) is 5.54. The molecule has 8 heteroatoms. The molecular formula is C16H17Cl2N3O3. The van der Waals surface area contributed by atoms with Crippen molar-refractivity contribution >= 4 is 34.9 Å². The van der Waals surface area contributed by atoms with Crippen LogP contribution in [0.5, 0.6) is 5.75 Å². The second-order valence-corrected chi connectivity index (χ2v) is 6.38. The number of amides is 1. The van der Waals surface area contributed by atoms with E-state index in [9.17, 15) is 4.79 Å². The predicted octanol–water partition coefficient (Wildman–Crippen LogP) is 3.24. The molecule has 6 nitrogen and oxygen atoms in total. The van der Waals surface area contributed by atoms with Crippen LogP contribution in [0.3, 0.4) is 0 Å². The van der Waals surface area contributed by atoms with Crippen molar-refractivity contribution in [2.45, 2.75) is 13.0 Å². The zero-order valence-corrected chi connectivity index (χ0v) is 14.4. The highest BCUT2D eigenvalue weighted by Gasteiger charge is 2.18. The molecule has 24 heavy (non-hydrogen) atoms. The van der Waals surface area contributed by atoms with Crippen LogP contribution in [-0.2, 0) is 16.1 Å². The highest BCUT2D eigenvalue weighted by atomic mass is 35.5. The molecule has 2 heterocycles. The average molecular weight is 370 g/mol. The van der Waals surface area contributed by atoms with E-state index in [0.717, 1.165) is 19.6 Å². The zero-order chi connectivity index (χ0) is 16.9. The molecule has 1 aliphatic heterocycles. The van der Waals surface area contributed by atoms with Gasteiger partial charge < -0.3 is 14.8 Å². The van der Waals surface area contributed by atoms with Crippen LogP contribution in [0, 0.1) is 5.92 Å². The summed E-state index contributed by atoms with van der Waals surface area (Å²) < 4.78 is 12.6. The molecule has 1 aromatic heterocycles. The number of hydrogen-bond acceptors (Lipinski definition) is 4. The lowest BCUT2D eigenvalue weighted by Gasteiger charge is -2.13. The topological polar surface area (TPSA) is 65.4 Å². The molecular weight excluding hydrogens is 353 g/mol. The highest BCUT2D eigenvalue weighted by molar-refractivity contribution is 6.34. The van der Waals surface area contributed by atoms with Crippen molar-refractivity contribution in [3.63, 3.8) is 0 Å². The number of halogens is 2. The first-order valence-corrected chi connectivity index (χ1v) is 8.34. The molecule has 3 rings (SSSR count). The Morgan fingerprint density at radius 3 is 3.08 bits per heavy atom. The van der Waals surface area contributed by atoms with Gasteiger partial charge in [-0.15, -0.1) is 0 Å². The van der Waals surface area contributed by atoms with Crippen molar-refractivity contribution in [2.75, 3.05) is 25.1 Å². The molecule has 1 N–H and O–H groups in total. The summed E-state index contributed by atoms with van der Waals surface area (Å²) in [6.07, 6.45) is 2.66. The van der Waals surface area contributed by atoms with E-state index in [1.165, 1.54) is 0 Å². The van der Waals surface area contributed by atoms with Gasteiger partial charge in [-0.25, -0.2) is 4.68 Å². The van der Waals surface area contributed by atoms with E-state index in [1.54, 1.807) is 35.1 Å². The maximum absolute atomic E-state index is 12.1. The molecule has 0 unspecified atom stereocenters. The molecule has 1 atom stereocenters. The van der Waals surface area contributed by atoms with Crippen LogP contribution in [0.15, 0.2) is 30.5 Å². The zero-order valence-electron chi connectivity index (χ0n) is 12.9. The van der Waals surface area contributed by atoms with Gasteiger partial charge >= 0.3 is 0 Å². The normalized spacial score (nSPS) is 17.0. The number of benzene rings is 1. The quantitative estimate of drug-likeness (QED) is 0.848. The first-order valence-electron chi connectivity index (χ1n) is 7.59. The monoisotopic (exact) mass is 369 g/mol. The maximum Gasteiger partial charge on any atom is 0.263 e. The molecule has 0 bridgehead atoms. The summed E-state index contributed by atoms with van der Waals surface area (Å²) >= 11 is 11.9. The van der Waals surface area contributed by atoms with Crippen LogP contribution >= 0.6 is 23.2 Å². The third kappa shape index (κ3) is 4.41. The third-order valence-electron chi connectivity index (χ3n) is 3.69. The summed E-state index contributed by atoms with van der Waals surface area (Å²) in [6, 6.07) is 6.60. The van der Waals surface area contributed by atoms with Crippen LogP contribution in [0.25, 0.3) is 0 Å². The SMILES string of the molecule is O=C(COc1cc(Cl)ccc1Cl)Nc1ccnn1C[C@@H]1CCOC1. The number of ether oxygens (including phenoxy) is 2. The molecule has 0 aliphatic carbocycles. The van der Waals surface area contributed by atoms with Gasteiger partial charge in [0.1, 0.15) is 11.6 Å². The number of rotatable bonds is 6. The summed E-state index contributed by atoms with van der Waals surface area (Å²) in [5.41, 5.74) is 0. The van der Waals surface area contributed by atoms with Crippen LogP contribution in [-0.4, -0.2) is 35.5 Å². The van der Waals surface area contributed by atoms with E-state index in [1.807, 2.05) is 0 Å². The van der Waals surface area contributed by atoms with Crippen LogP contribution in [0.2, 0.25) is 10.0 Å². The first-order chi connectivity index (χ1) is 11.6. The number of nitrogens with one attached hydrogen (secondary N) is 1. The molecule has 1 amide bonds. The van der Waals surface area contributed by atoms with Gasteiger partial charge in [-0.05, 0) is 18.6 Å². The van der Waals surface area contributed by atoms with E-state index in [2.05, 4.69) is 10.4 Å². The minimum Gasteiger partial charge on any atom is -0.482 e. The summed E-state index contributed by atoms with van der Waals surface area (Å²) in [6.45, 7) is 2.05. The standard InChI is InChI=1S/C16H17Cl2N3O3/c17-12-1-2-13(18)14(7-12)24-10-16(22)20-15-3-5-19-21(15)8-11-4-6-23-9-11/h1-3,5,7,11H,4,6,8-10H2,(H,20,22)/t11-/m0/s1. The lowest BCUT2D eigenvalue weighted by Crippen LogP contribution is -2.23. The van der Waals surface area contributed by atoms with Crippen molar-refractivity contribution in [1.82, 2.24) is 9.78 Å². The first kappa shape index (κ1) is 17.1. The van der Waals surface area contributed by atoms with Crippen molar-refractivity contribution < 1.29 is 14.3 Å². The molecule has 128 valence electrons. The third-order valence-corrected chi connectivity index (χ3v) is 4.24. The Hall–Kier alpha value is -1.76. The largest absolute Gasteiger partial charge is 0.482 e. The fourth-order valence-corrected chi connectivity index (χ4v) is 2.80. The van der Waals surface area contributed by atoms with Gasteiger partial charge in [0.2, 0.25) is 0 Å². The number of anilines is 1. The predicted molar refractivity (Wildman–Crippen MR) is 91.7 cm³/mol. The lowest BCUT2D eigenvalue weighted by molar-refractivity contribution is -0.118. The van der Waals surface area contributed by atoms with Crippen molar-refractivity contribution in [1.29, 1.82) is 0 Å². The number of hydrogen-bond donors (Lipinski definition) is 1. The number of carbonyl (C=O) groups excluding carboxylic acids is 1. The molecule has 2 aromatic rings. The van der Waals surface area contributed by atoms with Gasteiger partial charge in [-0.3, -0.25) is 4.79 Å². The fraction of sp³-hybridized carbons (Fsp3) is 0.375. The molecule has 0 saturated carbocycles. The van der Waals surface area contributed by atoms with Gasteiger partial charge in [0, 0.05) is 36.2 Å². The van der Waals surface area contributed by atoms with Gasteiger partial charge in [-0.1, -0.05) is 23.2 Å². The Labute approximate surface area is 149 Å². The summed E-state index contributed by atoms with van der Waals surface area (Å²) in [4.78, 5) is 12.1. The van der Waals surface area contributed by atoms with Crippen molar-refractivity contribution in [3.8, 4) is 5.75 Å². The van der Waals surface area contributed by atoms with Crippen LogP contribution in [0.4, 0.5) is 5.82 Å². The van der Waals surface area contributed by atoms with Crippen LogP contribution < -0.4 is 10.1 Å². The average Bonchev–Trinajstić information content (AvgIpc) is 3.21. The summed E-state index contributed by atoms with van der Waals surface area (Å²) in [5, 5.41) is 7.93. The van der Waals surface area contributed by atoms with E-state index < -0.39 is 0 Å². The summed E-state index contributed by atoms with van der Waals surface area (Å²) in [7, 11) is 0. The lowest BCUT2D eigenvalue weighted by atomic mass is 10.1. The Morgan fingerprint density at radius 2 is 2.29 bits per heavy atom. The number of aromatic nitrogens is 2. The fourth-order valence-electron chi connectivity index (χ4n) is 2.47. The van der Waals surface area contributed by atoms with E-state index in [0.29, 0.717) is 34.1 Å². The Balaban J connectivity index is 1.55. The van der Waals surface area contributed by atoms with Crippen molar-refractivity contribution in [3.05, 3.63) is 40.5 Å². The van der Waals surface area contributed by atoms with Gasteiger partial charge in [0.15, 0.2) is 6.61 Å². The second kappa shape index (κ2) is 7.88. The van der Waals surface area contributed by atoms with E-state index in [4.69, 9.17) is 32.7 Å². The minimum atomic E-state index is -0.296. The maximum atomic E-state index is 12.1. The molecule has 1 saturated heterocycles. The number of nitrogens with zero attached hydrogens (tertiary/aromatic N) is 2. The highest BCUT2D eigenvalue weighted by Crippen LogP contribution is 2.27. The van der Waals surface area contributed by atoms with Gasteiger partial charge in [0.25, 0.3) is 5.91 Å². The van der Waals surface area contributed by atoms with Crippen molar-refractivity contribution in [2.24, 2.45) is 5.92 Å². The summed E-state index contributed by atoms with van der Waals surface area (Å²) in [5.74, 6) is 1.13. The Kier molecular flexibility index (Phi) is 5.60. The molecule has 1 fully saturated rings. The van der Waals surface area contributed by atoms with Gasteiger partial charge in [-0.2, -0.15) is 5.10 Å². The van der Waals surface area contributed by atoms with E-state index >= 15 is 0 Å². The Morgan fingerprint density at radius 1 is 1.42 bits per heavy atom. The molecule has 1 aromatic carbocycles. The Bertz CT molecular complexity index is 714. The molecule has 0 radical (unpaired) electrons. The minimum absolute atomic E-state index is 0.169. The smallest absolute Gasteiger partial charge is 0.263 e. The molecule has 1 aliphatic rings. The van der Waals surface area contributed by atoms with Crippen LogP contribution in [0.1, 0.15) is 6.42 Å². The van der Waals surface area contributed by atoms with Gasteiger partial charge in [0.05, 0.1) is 17.8 Å². The van der Waals surface area contributed by atoms with E-state index in [-0.39, 0.29) is 12.5 Å². The number of carbonyl (C=O) groups is 1. The molecule has 0 spiro atoms.